The van der Waals surface area contributed by atoms with Gasteiger partial charge in [0.2, 0.25) is 0 Å². The van der Waals surface area contributed by atoms with E-state index in [0.717, 1.165) is 12.1 Å². The second kappa shape index (κ2) is 5.23. The summed E-state index contributed by atoms with van der Waals surface area (Å²) in [5.41, 5.74) is 0.102. The summed E-state index contributed by atoms with van der Waals surface area (Å²) in [6.07, 6.45) is 0.435. The molecule has 0 aliphatic rings. The number of nitrogens with zero attached hydrogens (tertiary/aromatic N) is 2. The molecule has 2 aromatic rings. The van der Waals surface area contributed by atoms with Crippen molar-refractivity contribution in [3.8, 4) is 6.07 Å². The van der Waals surface area contributed by atoms with Crippen molar-refractivity contribution >= 4 is 17.8 Å². The summed E-state index contributed by atoms with van der Waals surface area (Å²) in [6, 6.07) is 7.66. The second-order valence-corrected chi connectivity index (χ2v) is 3.61. The number of carbonyl (C=O) groups excluding carboxylic acids is 1. The number of hydrogen-bond donors (Lipinski definition) is 1. The van der Waals surface area contributed by atoms with Gasteiger partial charge in [-0.3, -0.25) is 4.79 Å². The minimum absolute atomic E-state index is 0.0236. The maximum Gasteiger partial charge on any atom is 0.169 e. The molecule has 2 rings (SSSR count). The summed E-state index contributed by atoms with van der Waals surface area (Å²) in [4.78, 5) is 14.6. The number of nitrogens with one attached hydrogen (secondary N) is 1. The quantitative estimate of drug-likeness (QED) is 0.861. The van der Waals surface area contributed by atoms with Crippen LogP contribution in [-0.4, -0.2) is 11.3 Å². The van der Waals surface area contributed by atoms with Crippen LogP contribution in [0.25, 0.3) is 0 Å². The standard InChI is InChI=1S/C13H7F2N3O/c14-9-2-3-11(10(15)5-9)17-13-4-1-8(6-16)12(7-19)18-13/h1-5,7H,(H,17,18). The predicted molar refractivity (Wildman–Crippen MR) is 64.0 cm³/mol. The van der Waals surface area contributed by atoms with E-state index in [1.165, 1.54) is 18.2 Å². The van der Waals surface area contributed by atoms with E-state index in [9.17, 15) is 13.6 Å². The van der Waals surface area contributed by atoms with E-state index in [2.05, 4.69) is 10.3 Å². The molecule has 0 aliphatic carbocycles. The Hall–Kier alpha value is -2.81. The summed E-state index contributed by atoms with van der Waals surface area (Å²) < 4.78 is 26.1. The second-order valence-electron chi connectivity index (χ2n) is 3.61. The maximum absolute atomic E-state index is 13.4. The third-order valence-corrected chi connectivity index (χ3v) is 2.35. The fourth-order valence-electron chi connectivity index (χ4n) is 1.46. The monoisotopic (exact) mass is 259 g/mol. The van der Waals surface area contributed by atoms with Gasteiger partial charge in [-0.05, 0) is 24.3 Å². The number of aromatic nitrogens is 1. The third kappa shape index (κ3) is 2.72. The molecule has 94 valence electrons. The van der Waals surface area contributed by atoms with Crippen LogP contribution in [0.2, 0.25) is 0 Å². The first-order valence-corrected chi connectivity index (χ1v) is 5.22. The molecule has 0 atom stereocenters. The molecule has 1 heterocycles. The highest BCUT2D eigenvalue weighted by Crippen LogP contribution is 2.20. The molecular weight excluding hydrogens is 252 g/mol. The van der Waals surface area contributed by atoms with Gasteiger partial charge in [-0.2, -0.15) is 5.26 Å². The number of hydrogen-bond acceptors (Lipinski definition) is 4. The predicted octanol–water partition coefficient (Wildman–Crippen LogP) is 2.79. The van der Waals surface area contributed by atoms with Crippen molar-refractivity contribution in [3.63, 3.8) is 0 Å². The minimum Gasteiger partial charge on any atom is -0.338 e. The highest BCUT2D eigenvalue weighted by atomic mass is 19.1. The Bertz CT molecular complexity index is 680. The summed E-state index contributed by atoms with van der Waals surface area (Å²) in [7, 11) is 0. The summed E-state index contributed by atoms with van der Waals surface area (Å²) in [6.45, 7) is 0. The van der Waals surface area contributed by atoms with Gasteiger partial charge in [0.25, 0.3) is 0 Å². The number of halogens is 2. The third-order valence-electron chi connectivity index (χ3n) is 2.35. The van der Waals surface area contributed by atoms with Crippen LogP contribution in [0.5, 0.6) is 0 Å². The fraction of sp³-hybridized carbons (Fsp3) is 0. The van der Waals surface area contributed by atoms with E-state index >= 15 is 0 Å². The van der Waals surface area contributed by atoms with Gasteiger partial charge in [0.05, 0.1) is 11.3 Å². The number of aldehydes is 1. The molecule has 0 saturated carbocycles. The van der Waals surface area contributed by atoms with Gasteiger partial charge >= 0.3 is 0 Å². The van der Waals surface area contributed by atoms with Crippen molar-refractivity contribution in [2.45, 2.75) is 0 Å². The number of nitriles is 1. The molecule has 1 aromatic carbocycles. The molecule has 0 aliphatic heterocycles. The molecule has 0 amide bonds. The molecule has 4 nitrogen and oxygen atoms in total. The van der Waals surface area contributed by atoms with Crippen LogP contribution < -0.4 is 5.32 Å². The highest BCUT2D eigenvalue weighted by Gasteiger charge is 2.07. The van der Waals surface area contributed by atoms with Crippen molar-refractivity contribution in [1.82, 2.24) is 4.98 Å². The lowest BCUT2D eigenvalue weighted by Gasteiger charge is -2.07. The highest BCUT2D eigenvalue weighted by molar-refractivity contribution is 5.77. The molecule has 0 unspecified atom stereocenters. The lowest BCUT2D eigenvalue weighted by molar-refractivity contribution is 0.111. The lowest BCUT2D eigenvalue weighted by atomic mass is 10.2. The van der Waals surface area contributed by atoms with Crippen LogP contribution in [0.1, 0.15) is 16.1 Å². The van der Waals surface area contributed by atoms with Gasteiger partial charge in [-0.1, -0.05) is 0 Å². The summed E-state index contributed by atoms with van der Waals surface area (Å²) in [5, 5.41) is 11.3. The van der Waals surface area contributed by atoms with Gasteiger partial charge in [-0.15, -0.1) is 0 Å². The smallest absolute Gasteiger partial charge is 0.169 e. The average Bonchev–Trinajstić information content (AvgIpc) is 2.41. The van der Waals surface area contributed by atoms with Crippen LogP contribution in [0.3, 0.4) is 0 Å². The van der Waals surface area contributed by atoms with Gasteiger partial charge in [-0.25, -0.2) is 13.8 Å². The largest absolute Gasteiger partial charge is 0.338 e. The first kappa shape index (κ1) is 12.6. The Morgan fingerprint density at radius 1 is 1.26 bits per heavy atom. The Labute approximate surface area is 107 Å². The molecule has 1 aromatic heterocycles. The van der Waals surface area contributed by atoms with Crippen molar-refractivity contribution < 1.29 is 13.6 Å². The lowest BCUT2D eigenvalue weighted by Crippen LogP contribution is -2.00. The maximum atomic E-state index is 13.4. The van der Waals surface area contributed by atoms with E-state index in [1.54, 1.807) is 0 Å². The molecule has 6 heteroatoms. The molecule has 1 N–H and O–H groups in total. The SMILES string of the molecule is N#Cc1ccc(Nc2ccc(F)cc2F)nc1C=O. The van der Waals surface area contributed by atoms with Gasteiger partial charge in [0.15, 0.2) is 6.29 Å². The first-order valence-electron chi connectivity index (χ1n) is 5.22. The molecule has 19 heavy (non-hydrogen) atoms. The van der Waals surface area contributed by atoms with Gasteiger partial charge in [0.1, 0.15) is 29.2 Å². The molecule has 0 fully saturated rings. The van der Waals surface area contributed by atoms with Gasteiger partial charge in [0, 0.05) is 6.07 Å². The molecule has 0 spiro atoms. The van der Waals surface area contributed by atoms with Crippen LogP contribution in [0.4, 0.5) is 20.3 Å². The number of carbonyl (C=O) groups is 1. The Morgan fingerprint density at radius 2 is 2.05 bits per heavy atom. The fourth-order valence-corrected chi connectivity index (χ4v) is 1.46. The van der Waals surface area contributed by atoms with Crippen molar-refractivity contribution in [2.24, 2.45) is 0 Å². The van der Waals surface area contributed by atoms with E-state index < -0.39 is 11.6 Å². The molecule has 0 bridgehead atoms. The Balaban J connectivity index is 2.34. The van der Waals surface area contributed by atoms with Crippen molar-refractivity contribution in [3.05, 3.63) is 53.2 Å². The molecule has 0 saturated heterocycles. The Kier molecular flexibility index (Phi) is 3.48. The molecular formula is C13H7F2N3O. The van der Waals surface area contributed by atoms with Crippen LogP contribution in [-0.2, 0) is 0 Å². The zero-order chi connectivity index (χ0) is 13.8. The zero-order valence-corrected chi connectivity index (χ0v) is 9.52. The summed E-state index contributed by atoms with van der Waals surface area (Å²) in [5.74, 6) is -1.28. The zero-order valence-electron chi connectivity index (χ0n) is 9.52. The van der Waals surface area contributed by atoms with E-state index in [0.29, 0.717) is 6.29 Å². The average molecular weight is 259 g/mol. The first-order chi connectivity index (χ1) is 9.13. The molecule has 0 radical (unpaired) electrons. The van der Waals surface area contributed by atoms with Crippen LogP contribution in [0.15, 0.2) is 30.3 Å². The minimum atomic E-state index is -0.779. The van der Waals surface area contributed by atoms with Crippen molar-refractivity contribution in [2.75, 3.05) is 5.32 Å². The number of rotatable bonds is 3. The number of benzene rings is 1. The van der Waals surface area contributed by atoms with Crippen molar-refractivity contribution in [1.29, 1.82) is 5.26 Å². The van der Waals surface area contributed by atoms with Gasteiger partial charge < -0.3 is 5.32 Å². The van der Waals surface area contributed by atoms with E-state index in [1.807, 2.05) is 6.07 Å². The van der Waals surface area contributed by atoms with E-state index in [4.69, 9.17) is 5.26 Å². The Morgan fingerprint density at radius 3 is 2.68 bits per heavy atom. The number of anilines is 2. The van der Waals surface area contributed by atoms with Crippen LogP contribution in [0, 0.1) is 23.0 Å². The normalized spacial score (nSPS) is 9.74. The number of pyridine rings is 1. The summed E-state index contributed by atoms with van der Waals surface area (Å²) >= 11 is 0. The topological polar surface area (TPSA) is 65.8 Å². The van der Waals surface area contributed by atoms with Crippen LogP contribution >= 0.6 is 0 Å². The van der Waals surface area contributed by atoms with E-state index in [-0.39, 0.29) is 22.8 Å².